The van der Waals surface area contributed by atoms with Gasteiger partial charge in [-0.15, -0.1) is 0 Å². The fourth-order valence-corrected chi connectivity index (χ4v) is 2.81. The molecule has 0 spiro atoms. The first-order valence-electron chi connectivity index (χ1n) is 6.38. The van der Waals surface area contributed by atoms with E-state index in [0.29, 0.717) is 11.5 Å². The lowest BCUT2D eigenvalue weighted by atomic mass is 9.91. The smallest absolute Gasteiger partial charge is 0.216 e. The quantitative estimate of drug-likeness (QED) is 0.703. The minimum absolute atomic E-state index is 0.0652. The van der Waals surface area contributed by atoms with Crippen molar-refractivity contribution >= 4 is 5.91 Å². The normalized spacial score (nSPS) is 28.0. The third-order valence-electron chi connectivity index (χ3n) is 3.47. The van der Waals surface area contributed by atoms with E-state index in [0.717, 1.165) is 25.4 Å². The van der Waals surface area contributed by atoms with Gasteiger partial charge in [-0.3, -0.25) is 4.79 Å². The molecule has 0 radical (unpaired) electrons. The lowest BCUT2D eigenvalue weighted by molar-refractivity contribution is -0.118. The van der Waals surface area contributed by atoms with E-state index in [2.05, 4.69) is 31.4 Å². The van der Waals surface area contributed by atoms with Crippen molar-refractivity contribution < 1.29 is 4.79 Å². The first-order chi connectivity index (χ1) is 7.41. The second-order valence-corrected chi connectivity index (χ2v) is 5.95. The van der Waals surface area contributed by atoms with Crippen molar-refractivity contribution in [2.45, 2.75) is 53.0 Å². The largest absolute Gasteiger partial charge is 0.356 e. The average molecular weight is 226 g/mol. The maximum atomic E-state index is 10.7. The van der Waals surface area contributed by atoms with E-state index in [1.807, 2.05) is 0 Å². The summed E-state index contributed by atoms with van der Waals surface area (Å²) in [5.41, 5.74) is 0.495. The van der Waals surface area contributed by atoms with Gasteiger partial charge in [0, 0.05) is 19.5 Å². The van der Waals surface area contributed by atoms with Crippen LogP contribution in [0.2, 0.25) is 0 Å². The summed E-state index contributed by atoms with van der Waals surface area (Å²) in [5.74, 6) is 0.839. The molecule has 0 bridgehead atoms. The van der Waals surface area contributed by atoms with E-state index < -0.39 is 0 Å². The Kier molecular flexibility index (Phi) is 4.78. The average Bonchev–Trinajstić information content (AvgIpc) is 2.38. The maximum absolute atomic E-state index is 10.7. The van der Waals surface area contributed by atoms with Gasteiger partial charge in [-0.1, -0.05) is 20.8 Å². The van der Waals surface area contributed by atoms with Crippen LogP contribution in [-0.2, 0) is 4.79 Å². The summed E-state index contributed by atoms with van der Waals surface area (Å²) in [6.45, 7) is 10.4. The topological polar surface area (TPSA) is 41.1 Å². The standard InChI is InChI=1S/C13H26N2O/c1-10-8-13(3,4)9-12(10)15-7-5-6-14-11(2)16/h10,12,15H,5-9H2,1-4H3,(H,14,16). The van der Waals surface area contributed by atoms with Gasteiger partial charge in [0.05, 0.1) is 0 Å². The molecule has 2 N–H and O–H groups in total. The lowest BCUT2D eigenvalue weighted by Gasteiger charge is -2.18. The van der Waals surface area contributed by atoms with Gasteiger partial charge < -0.3 is 10.6 Å². The molecule has 0 saturated heterocycles. The highest BCUT2D eigenvalue weighted by Crippen LogP contribution is 2.40. The van der Waals surface area contributed by atoms with Crippen LogP contribution in [0.15, 0.2) is 0 Å². The molecule has 1 rings (SSSR count). The van der Waals surface area contributed by atoms with Crippen LogP contribution in [0.1, 0.15) is 47.0 Å². The molecule has 0 aromatic rings. The molecule has 1 saturated carbocycles. The zero-order valence-corrected chi connectivity index (χ0v) is 11.1. The molecular formula is C13H26N2O. The number of hydrogen-bond donors (Lipinski definition) is 2. The molecule has 3 nitrogen and oxygen atoms in total. The SMILES string of the molecule is CC(=O)NCCCNC1CC(C)(C)CC1C. The lowest BCUT2D eigenvalue weighted by Crippen LogP contribution is -2.34. The Balaban J connectivity index is 2.12. The molecule has 0 heterocycles. The van der Waals surface area contributed by atoms with Crippen LogP contribution in [0.3, 0.4) is 0 Å². The van der Waals surface area contributed by atoms with Crippen molar-refractivity contribution in [2.24, 2.45) is 11.3 Å². The van der Waals surface area contributed by atoms with Crippen LogP contribution >= 0.6 is 0 Å². The van der Waals surface area contributed by atoms with Crippen LogP contribution in [0.4, 0.5) is 0 Å². The predicted octanol–water partition coefficient (Wildman–Crippen LogP) is 1.93. The predicted molar refractivity (Wildman–Crippen MR) is 67.3 cm³/mol. The molecule has 2 unspecified atom stereocenters. The van der Waals surface area contributed by atoms with E-state index in [9.17, 15) is 4.79 Å². The molecule has 0 aromatic heterocycles. The molecule has 16 heavy (non-hydrogen) atoms. The zero-order chi connectivity index (χ0) is 12.2. The van der Waals surface area contributed by atoms with E-state index in [-0.39, 0.29) is 5.91 Å². The van der Waals surface area contributed by atoms with Gasteiger partial charge in [0.25, 0.3) is 0 Å². The molecule has 2 atom stereocenters. The fourth-order valence-electron chi connectivity index (χ4n) is 2.81. The molecule has 1 aliphatic rings. The Labute approximate surface area is 99.4 Å². The fraction of sp³-hybridized carbons (Fsp3) is 0.923. The minimum atomic E-state index is 0.0652. The molecular weight excluding hydrogens is 200 g/mol. The maximum Gasteiger partial charge on any atom is 0.216 e. The summed E-state index contributed by atoms with van der Waals surface area (Å²) in [6, 6.07) is 0.660. The van der Waals surface area contributed by atoms with Crippen LogP contribution in [0.5, 0.6) is 0 Å². The van der Waals surface area contributed by atoms with Gasteiger partial charge in [0.15, 0.2) is 0 Å². The van der Waals surface area contributed by atoms with E-state index in [1.54, 1.807) is 6.92 Å². The van der Waals surface area contributed by atoms with E-state index in [1.165, 1.54) is 12.8 Å². The molecule has 1 amide bonds. The highest BCUT2D eigenvalue weighted by atomic mass is 16.1. The highest BCUT2D eigenvalue weighted by Gasteiger charge is 2.35. The Bertz CT molecular complexity index is 238. The van der Waals surface area contributed by atoms with Crippen molar-refractivity contribution in [1.29, 1.82) is 0 Å². The van der Waals surface area contributed by atoms with Gasteiger partial charge in [0.1, 0.15) is 0 Å². The van der Waals surface area contributed by atoms with Gasteiger partial charge in [0.2, 0.25) is 5.91 Å². The third-order valence-corrected chi connectivity index (χ3v) is 3.47. The first kappa shape index (κ1) is 13.5. The van der Waals surface area contributed by atoms with Gasteiger partial charge >= 0.3 is 0 Å². The van der Waals surface area contributed by atoms with Crippen LogP contribution in [0, 0.1) is 11.3 Å². The number of carbonyl (C=O) groups is 1. The van der Waals surface area contributed by atoms with Crippen LogP contribution < -0.4 is 10.6 Å². The number of hydrogen-bond acceptors (Lipinski definition) is 2. The summed E-state index contributed by atoms with van der Waals surface area (Å²) in [4.78, 5) is 10.7. The van der Waals surface area contributed by atoms with Crippen molar-refractivity contribution in [1.82, 2.24) is 10.6 Å². The molecule has 94 valence electrons. The molecule has 3 heteroatoms. The summed E-state index contributed by atoms with van der Waals surface area (Å²) in [7, 11) is 0. The Morgan fingerprint density at radius 1 is 1.31 bits per heavy atom. The van der Waals surface area contributed by atoms with Crippen molar-refractivity contribution in [3.05, 3.63) is 0 Å². The van der Waals surface area contributed by atoms with Gasteiger partial charge in [-0.2, -0.15) is 0 Å². The second-order valence-electron chi connectivity index (χ2n) is 5.95. The molecule has 0 aromatic carbocycles. The Morgan fingerprint density at radius 2 is 2.00 bits per heavy atom. The van der Waals surface area contributed by atoms with E-state index in [4.69, 9.17) is 0 Å². The molecule has 1 fully saturated rings. The van der Waals surface area contributed by atoms with E-state index >= 15 is 0 Å². The Hall–Kier alpha value is -0.570. The van der Waals surface area contributed by atoms with Gasteiger partial charge in [-0.05, 0) is 37.1 Å². The van der Waals surface area contributed by atoms with Crippen molar-refractivity contribution in [2.75, 3.05) is 13.1 Å². The van der Waals surface area contributed by atoms with Crippen molar-refractivity contribution in [3.8, 4) is 0 Å². The summed E-state index contributed by atoms with van der Waals surface area (Å²) in [6.07, 6.45) is 3.61. The second kappa shape index (κ2) is 5.67. The number of amides is 1. The molecule has 0 aliphatic heterocycles. The summed E-state index contributed by atoms with van der Waals surface area (Å²) in [5, 5.41) is 6.43. The minimum Gasteiger partial charge on any atom is -0.356 e. The zero-order valence-electron chi connectivity index (χ0n) is 11.1. The summed E-state index contributed by atoms with van der Waals surface area (Å²) < 4.78 is 0. The summed E-state index contributed by atoms with van der Waals surface area (Å²) >= 11 is 0. The van der Waals surface area contributed by atoms with Crippen LogP contribution in [0.25, 0.3) is 0 Å². The van der Waals surface area contributed by atoms with Crippen LogP contribution in [-0.4, -0.2) is 25.0 Å². The van der Waals surface area contributed by atoms with Crippen molar-refractivity contribution in [3.63, 3.8) is 0 Å². The number of nitrogens with one attached hydrogen (secondary N) is 2. The number of rotatable bonds is 5. The molecule has 1 aliphatic carbocycles. The highest BCUT2D eigenvalue weighted by molar-refractivity contribution is 5.72. The Morgan fingerprint density at radius 3 is 2.50 bits per heavy atom. The monoisotopic (exact) mass is 226 g/mol. The van der Waals surface area contributed by atoms with Gasteiger partial charge in [-0.25, -0.2) is 0 Å². The first-order valence-corrected chi connectivity index (χ1v) is 6.38. The third kappa shape index (κ3) is 4.52. The number of carbonyl (C=O) groups excluding carboxylic acids is 1.